The van der Waals surface area contributed by atoms with Crippen LogP contribution in [0.2, 0.25) is 0 Å². The highest BCUT2D eigenvalue weighted by Crippen LogP contribution is 2.12. The number of nitrogens with two attached hydrogens (primary N) is 1. The van der Waals surface area contributed by atoms with E-state index in [2.05, 4.69) is 5.32 Å². The van der Waals surface area contributed by atoms with Gasteiger partial charge in [0.25, 0.3) is 0 Å². The summed E-state index contributed by atoms with van der Waals surface area (Å²) in [6, 6.07) is 5.22. The molecule has 18 heavy (non-hydrogen) atoms. The number of aliphatic hydroxyl groups excluding tert-OH is 2. The number of carbonyl (C=O) groups is 1. The Hall–Kier alpha value is -1.43. The summed E-state index contributed by atoms with van der Waals surface area (Å²) in [7, 11) is 0. The van der Waals surface area contributed by atoms with Crippen molar-refractivity contribution in [3.8, 4) is 0 Å². The van der Waals surface area contributed by atoms with E-state index in [9.17, 15) is 4.79 Å². The van der Waals surface area contributed by atoms with Crippen molar-refractivity contribution in [2.45, 2.75) is 25.9 Å². The largest absolute Gasteiger partial charge is 0.394 e. The summed E-state index contributed by atoms with van der Waals surface area (Å²) in [4.78, 5) is 11.0. The van der Waals surface area contributed by atoms with E-state index in [0.29, 0.717) is 12.1 Å². The third-order valence-electron chi connectivity index (χ3n) is 3.03. The summed E-state index contributed by atoms with van der Waals surface area (Å²) >= 11 is 0. The van der Waals surface area contributed by atoms with Crippen molar-refractivity contribution in [1.82, 2.24) is 5.32 Å². The Balaban J connectivity index is 2.77. The zero-order valence-electron chi connectivity index (χ0n) is 10.7. The van der Waals surface area contributed by atoms with Crippen molar-refractivity contribution < 1.29 is 15.0 Å². The van der Waals surface area contributed by atoms with Gasteiger partial charge < -0.3 is 21.3 Å². The van der Waals surface area contributed by atoms with Gasteiger partial charge in [-0.2, -0.15) is 0 Å². The topological polar surface area (TPSA) is 95.6 Å². The number of aryl methyl sites for hydroxylation is 1. The molecule has 1 aromatic carbocycles. The molecule has 0 saturated carbocycles. The number of primary amides is 1. The molecule has 0 spiro atoms. The molecule has 0 aliphatic carbocycles. The van der Waals surface area contributed by atoms with Crippen LogP contribution in [0.25, 0.3) is 0 Å². The van der Waals surface area contributed by atoms with Gasteiger partial charge in [-0.1, -0.05) is 6.07 Å². The predicted octanol–water partition coefficient (Wildman–Crippen LogP) is -0.0732. The maximum absolute atomic E-state index is 11.0. The quantitative estimate of drug-likeness (QED) is 0.570. The van der Waals surface area contributed by atoms with E-state index in [0.717, 1.165) is 11.1 Å². The molecule has 0 saturated heterocycles. The van der Waals surface area contributed by atoms with Gasteiger partial charge in [-0.15, -0.1) is 0 Å². The maximum atomic E-state index is 11.0. The van der Waals surface area contributed by atoms with Crippen molar-refractivity contribution in [2.24, 2.45) is 5.73 Å². The van der Waals surface area contributed by atoms with Crippen molar-refractivity contribution in [1.29, 1.82) is 0 Å². The number of nitrogens with one attached hydrogen (secondary N) is 1. The molecule has 0 fully saturated rings. The number of rotatable bonds is 6. The highest BCUT2D eigenvalue weighted by molar-refractivity contribution is 5.93. The number of amides is 1. The molecule has 0 bridgehead atoms. The van der Waals surface area contributed by atoms with Gasteiger partial charge in [0.2, 0.25) is 5.91 Å². The van der Waals surface area contributed by atoms with E-state index in [-0.39, 0.29) is 13.2 Å². The Kier molecular flexibility index (Phi) is 4.84. The SMILES string of the molecule is Cc1cc(C(N)=O)ccc1CNC(C)(CO)CO. The third-order valence-corrected chi connectivity index (χ3v) is 3.03. The summed E-state index contributed by atoms with van der Waals surface area (Å²) in [6.45, 7) is 3.82. The van der Waals surface area contributed by atoms with Gasteiger partial charge in [0.15, 0.2) is 0 Å². The van der Waals surface area contributed by atoms with Crippen LogP contribution in [0.15, 0.2) is 18.2 Å². The second-order valence-electron chi connectivity index (χ2n) is 4.74. The highest BCUT2D eigenvalue weighted by Gasteiger charge is 2.21. The number of benzene rings is 1. The van der Waals surface area contributed by atoms with Crippen LogP contribution < -0.4 is 11.1 Å². The number of carbonyl (C=O) groups excluding carboxylic acids is 1. The first-order chi connectivity index (χ1) is 8.41. The Bertz CT molecular complexity index is 428. The summed E-state index contributed by atoms with van der Waals surface area (Å²) in [5.41, 5.74) is 6.90. The summed E-state index contributed by atoms with van der Waals surface area (Å²) in [6.07, 6.45) is 0. The van der Waals surface area contributed by atoms with Gasteiger partial charge in [0, 0.05) is 12.1 Å². The molecule has 0 aliphatic rings. The van der Waals surface area contributed by atoms with Crippen molar-refractivity contribution in [3.05, 3.63) is 34.9 Å². The molecule has 1 amide bonds. The maximum Gasteiger partial charge on any atom is 0.248 e. The summed E-state index contributed by atoms with van der Waals surface area (Å²) < 4.78 is 0. The molecule has 1 aromatic rings. The minimum Gasteiger partial charge on any atom is -0.394 e. The van der Waals surface area contributed by atoms with E-state index >= 15 is 0 Å². The lowest BCUT2D eigenvalue weighted by Crippen LogP contribution is -2.48. The molecule has 5 nitrogen and oxygen atoms in total. The summed E-state index contributed by atoms with van der Waals surface area (Å²) in [5.74, 6) is -0.451. The highest BCUT2D eigenvalue weighted by atomic mass is 16.3. The number of hydrogen-bond donors (Lipinski definition) is 4. The molecule has 5 N–H and O–H groups in total. The molecule has 5 heteroatoms. The number of hydrogen-bond acceptors (Lipinski definition) is 4. The van der Waals surface area contributed by atoms with E-state index in [4.69, 9.17) is 15.9 Å². The minimum absolute atomic E-state index is 0.151. The van der Waals surface area contributed by atoms with Crippen LogP contribution in [-0.4, -0.2) is 34.9 Å². The van der Waals surface area contributed by atoms with Crippen LogP contribution in [0, 0.1) is 6.92 Å². The van der Waals surface area contributed by atoms with Gasteiger partial charge in [-0.25, -0.2) is 0 Å². The molecule has 100 valence electrons. The van der Waals surface area contributed by atoms with Gasteiger partial charge in [0.1, 0.15) is 0 Å². The third kappa shape index (κ3) is 3.53. The lowest BCUT2D eigenvalue weighted by atomic mass is 10.0. The fourth-order valence-corrected chi connectivity index (χ4v) is 1.52. The van der Waals surface area contributed by atoms with Gasteiger partial charge in [0.05, 0.1) is 18.8 Å². The van der Waals surface area contributed by atoms with Gasteiger partial charge >= 0.3 is 0 Å². The minimum atomic E-state index is -0.713. The molecule has 0 aromatic heterocycles. The lowest BCUT2D eigenvalue weighted by molar-refractivity contribution is 0.1000. The second-order valence-corrected chi connectivity index (χ2v) is 4.74. The normalized spacial score (nSPS) is 11.6. The Morgan fingerprint density at radius 2 is 2.00 bits per heavy atom. The molecule has 0 radical (unpaired) electrons. The smallest absolute Gasteiger partial charge is 0.248 e. The van der Waals surface area contributed by atoms with Crippen molar-refractivity contribution >= 4 is 5.91 Å². The average molecular weight is 252 g/mol. The fraction of sp³-hybridized carbons (Fsp3) is 0.462. The van der Waals surface area contributed by atoms with Crippen molar-refractivity contribution in [3.63, 3.8) is 0 Å². The predicted molar refractivity (Wildman–Crippen MR) is 69.1 cm³/mol. The monoisotopic (exact) mass is 252 g/mol. The molecular formula is C13H20N2O3. The van der Waals surface area contributed by atoms with Crippen LogP contribution in [0.3, 0.4) is 0 Å². The zero-order valence-corrected chi connectivity index (χ0v) is 10.7. The van der Waals surface area contributed by atoms with Crippen LogP contribution in [-0.2, 0) is 6.54 Å². The lowest BCUT2D eigenvalue weighted by Gasteiger charge is -2.26. The van der Waals surface area contributed by atoms with Crippen LogP contribution in [0.4, 0.5) is 0 Å². The van der Waals surface area contributed by atoms with Crippen molar-refractivity contribution in [2.75, 3.05) is 13.2 Å². The molecule has 0 atom stereocenters. The van der Waals surface area contributed by atoms with Crippen LogP contribution in [0.5, 0.6) is 0 Å². The standard InChI is InChI=1S/C13H20N2O3/c1-9-5-10(12(14)18)3-4-11(9)6-15-13(2,7-16)8-17/h3-5,15-17H,6-8H2,1-2H3,(H2,14,18). The molecule has 0 aliphatic heterocycles. The number of aliphatic hydroxyl groups is 2. The van der Waals surface area contributed by atoms with E-state index in [1.807, 2.05) is 13.0 Å². The molecule has 1 rings (SSSR count). The Morgan fingerprint density at radius 1 is 1.39 bits per heavy atom. The first kappa shape index (κ1) is 14.6. The zero-order chi connectivity index (χ0) is 13.8. The van der Waals surface area contributed by atoms with Gasteiger partial charge in [-0.3, -0.25) is 4.79 Å². The van der Waals surface area contributed by atoms with E-state index in [1.165, 1.54) is 0 Å². The van der Waals surface area contributed by atoms with Crippen LogP contribution in [0.1, 0.15) is 28.4 Å². The average Bonchev–Trinajstić information content (AvgIpc) is 2.36. The summed E-state index contributed by atoms with van der Waals surface area (Å²) in [5, 5.41) is 21.4. The molecule has 0 unspecified atom stereocenters. The second kappa shape index (κ2) is 5.95. The van der Waals surface area contributed by atoms with E-state index in [1.54, 1.807) is 19.1 Å². The van der Waals surface area contributed by atoms with Gasteiger partial charge in [-0.05, 0) is 37.1 Å². The first-order valence-corrected chi connectivity index (χ1v) is 5.78. The first-order valence-electron chi connectivity index (χ1n) is 5.78. The fourth-order valence-electron chi connectivity index (χ4n) is 1.52. The van der Waals surface area contributed by atoms with Crippen LogP contribution >= 0.6 is 0 Å². The molecule has 0 heterocycles. The molecular weight excluding hydrogens is 232 g/mol. The Labute approximate surface area is 107 Å². The van der Waals surface area contributed by atoms with E-state index < -0.39 is 11.4 Å². The Morgan fingerprint density at radius 3 is 2.44 bits per heavy atom.